The summed E-state index contributed by atoms with van der Waals surface area (Å²) in [6, 6.07) is 16.3. The van der Waals surface area contributed by atoms with E-state index in [9.17, 15) is 31.1 Å². The molecule has 4 aromatic carbocycles. The zero-order valence-electron chi connectivity index (χ0n) is 25.2. The number of fused-ring (bicyclic) bond motifs is 1. The maximum atomic E-state index is 14.6. The Morgan fingerprint density at radius 2 is 1.68 bits per heavy atom. The Kier molecular flexibility index (Phi) is 8.47. The fraction of sp³-hybridized carbons (Fsp3) is 0.235. The molecule has 1 N–H and O–H groups in total. The van der Waals surface area contributed by atoms with Crippen molar-refractivity contribution < 1.29 is 40.6 Å². The molecule has 0 saturated carbocycles. The Bertz CT molecular complexity index is 1940. The van der Waals surface area contributed by atoms with Gasteiger partial charge in [-0.1, -0.05) is 24.3 Å². The van der Waals surface area contributed by atoms with Crippen LogP contribution in [0.25, 0.3) is 22.2 Å². The highest BCUT2D eigenvalue weighted by molar-refractivity contribution is 5.97. The number of anilines is 1. The summed E-state index contributed by atoms with van der Waals surface area (Å²) in [6.07, 6.45) is -4.07. The third-order valence-electron chi connectivity index (χ3n) is 8.13. The number of nitrogens with one attached hydrogen (secondary N) is 1. The molecule has 1 aliphatic heterocycles. The summed E-state index contributed by atoms with van der Waals surface area (Å²) < 4.78 is 96.1. The molecule has 1 fully saturated rings. The Labute approximate surface area is 265 Å². The smallest absolute Gasteiger partial charge is 0.418 e. The first-order chi connectivity index (χ1) is 22.5. The summed E-state index contributed by atoms with van der Waals surface area (Å²) in [5.41, 5.74) is -0.180. The maximum Gasteiger partial charge on any atom is 0.418 e. The maximum absolute atomic E-state index is 14.6. The Hall–Kier alpha value is -5.20. The molecule has 1 aliphatic rings. The number of carbonyl (C=O) groups excluding carboxylic acids is 1. The van der Waals surface area contributed by atoms with Gasteiger partial charge in [0, 0.05) is 59.5 Å². The molecule has 1 saturated heterocycles. The van der Waals surface area contributed by atoms with Crippen molar-refractivity contribution in [2.45, 2.75) is 25.2 Å². The van der Waals surface area contributed by atoms with Crippen LogP contribution in [-0.2, 0) is 12.7 Å². The van der Waals surface area contributed by atoms with Crippen LogP contribution in [-0.4, -0.2) is 53.9 Å². The van der Waals surface area contributed by atoms with Gasteiger partial charge in [0.15, 0.2) is 0 Å². The van der Waals surface area contributed by atoms with E-state index in [1.807, 2.05) is 0 Å². The van der Waals surface area contributed by atoms with Crippen LogP contribution in [0.15, 0.2) is 72.8 Å². The van der Waals surface area contributed by atoms with E-state index < -0.39 is 41.3 Å². The second kappa shape index (κ2) is 12.5. The Balaban J connectivity index is 1.26. The third kappa shape index (κ3) is 6.29. The standard InChI is InChI=1S/C34H28F6N4O3/c1-46-23-10-11-24(30(16-23)47-2)33(45)43-13-12-22(17-43)41-21-8-6-19(7-9-21)32-25-4-3-5-27(34(38,39)40)31(25)42-44(32)18-26-28(36)14-20(35)15-29(26)37/h3-11,14-16,22,41H,12-13,17-18H2,1-2H3/t22-/m1/s1. The summed E-state index contributed by atoms with van der Waals surface area (Å²) in [5, 5.41) is 7.65. The largest absolute Gasteiger partial charge is 0.497 e. The third-order valence-corrected chi connectivity index (χ3v) is 8.13. The highest BCUT2D eigenvalue weighted by Gasteiger charge is 2.35. The first-order valence-electron chi connectivity index (χ1n) is 14.5. The van der Waals surface area contributed by atoms with Crippen LogP contribution < -0.4 is 14.8 Å². The molecule has 0 bridgehead atoms. The first-order valence-corrected chi connectivity index (χ1v) is 14.5. The number of halogens is 6. The van der Waals surface area contributed by atoms with Gasteiger partial charge in [-0.2, -0.15) is 18.3 Å². The van der Waals surface area contributed by atoms with Gasteiger partial charge in [-0.05, 0) is 36.8 Å². The molecule has 0 radical (unpaired) electrons. The fourth-order valence-electron chi connectivity index (χ4n) is 5.84. The van der Waals surface area contributed by atoms with Gasteiger partial charge < -0.3 is 19.7 Å². The van der Waals surface area contributed by atoms with Gasteiger partial charge in [0.05, 0.1) is 37.6 Å². The summed E-state index contributed by atoms with van der Waals surface area (Å²) >= 11 is 0. The summed E-state index contributed by atoms with van der Waals surface area (Å²) in [7, 11) is 3.00. The highest BCUT2D eigenvalue weighted by Crippen LogP contribution is 2.39. The summed E-state index contributed by atoms with van der Waals surface area (Å²) in [5.74, 6) is -2.70. The molecule has 47 heavy (non-hydrogen) atoms. The molecule has 1 atom stereocenters. The minimum absolute atomic E-state index is 0.0841. The number of benzene rings is 4. The average molecular weight is 655 g/mol. The van der Waals surface area contributed by atoms with Gasteiger partial charge >= 0.3 is 6.18 Å². The van der Waals surface area contributed by atoms with Crippen LogP contribution in [0.1, 0.15) is 27.9 Å². The van der Waals surface area contributed by atoms with E-state index in [2.05, 4.69) is 10.4 Å². The van der Waals surface area contributed by atoms with Gasteiger partial charge in [-0.15, -0.1) is 0 Å². The molecule has 13 heteroatoms. The fourth-order valence-corrected chi connectivity index (χ4v) is 5.84. The first kappa shape index (κ1) is 31.8. The van der Waals surface area contributed by atoms with Gasteiger partial charge in [-0.25, -0.2) is 13.2 Å². The molecule has 5 aromatic rings. The predicted molar refractivity (Wildman–Crippen MR) is 163 cm³/mol. The minimum Gasteiger partial charge on any atom is -0.497 e. The number of ether oxygens (including phenoxy) is 2. The topological polar surface area (TPSA) is 68.6 Å². The zero-order chi connectivity index (χ0) is 33.5. The number of alkyl halides is 3. The van der Waals surface area contributed by atoms with Crippen LogP contribution >= 0.6 is 0 Å². The zero-order valence-corrected chi connectivity index (χ0v) is 25.2. The van der Waals surface area contributed by atoms with E-state index in [4.69, 9.17) is 9.47 Å². The molecule has 6 rings (SSSR count). The van der Waals surface area contributed by atoms with E-state index >= 15 is 0 Å². The molecule has 2 heterocycles. The van der Waals surface area contributed by atoms with Crippen molar-refractivity contribution in [2.24, 2.45) is 0 Å². The van der Waals surface area contributed by atoms with Gasteiger partial charge in [0.25, 0.3) is 5.91 Å². The van der Waals surface area contributed by atoms with Crippen molar-refractivity contribution in [3.63, 3.8) is 0 Å². The molecule has 7 nitrogen and oxygen atoms in total. The van der Waals surface area contributed by atoms with Crippen LogP contribution in [0, 0.1) is 17.5 Å². The number of amides is 1. The van der Waals surface area contributed by atoms with Gasteiger partial charge in [0.2, 0.25) is 0 Å². The minimum atomic E-state index is -4.73. The van der Waals surface area contributed by atoms with Gasteiger partial charge in [0.1, 0.15) is 34.5 Å². The number of carbonyl (C=O) groups is 1. The number of likely N-dealkylation sites (tertiary alicyclic amines) is 1. The van der Waals surface area contributed by atoms with Crippen molar-refractivity contribution in [3.8, 4) is 22.8 Å². The quantitative estimate of drug-likeness (QED) is 0.175. The molecule has 244 valence electrons. The number of nitrogens with zero attached hydrogens (tertiary/aromatic N) is 3. The lowest BCUT2D eigenvalue weighted by Crippen LogP contribution is -2.31. The van der Waals surface area contributed by atoms with E-state index in [1.54, 1.807) is 47.4 Å². The second-order valence-electron chi connectivity index (χ2n) is 11.1. The SMILES string of the molecule is COc1ccc(C(=O)N2CC[C@@H](Nc3ccc(-c4c5cccc(C(F)(F)F)c5nn4Cc4c(F)cc(F)cc4F)cc3)C2)c(OC)c1. The van der Waals surface area contributed by atoms with Crippen molar-refractivity contribution in [1.29, 1.82) is 0 Å². The lowest BCUT2D eigenvalue weighted by atomic mass is 10.0. The van der Waals surface area contributed by atoms with E-state index in [0.717, 1.165) is 10.7 Å². The lowest BCUT2D eigenvalue weighted by Gasteiger charge is -2.19. The number of rotatable bonds is 8. The van der Waals surface area contributed by atoms with Crippen molar-refractivity contribution >= 4 is 22.5 Å². The number of hydrogen-bond acceptors (Lipinski definition) is 5. The Morgan fingerprint density at radius 3 is 2.34 bits per heavy atom. The van der Waals surface area contributed by atoms with Crippen LogP contribution in [0.3, 0.4) is 0 Å². The van der Waals surface area contributed by atoms with Crippen molar-refractivity contribution in [1.82, 2.24) is 14.7 Å². The number of hydrogen-bond donors (Lipinski definition) is 1. The van der Waals surface area contributed by atoms with Crippen LogP contribution in [0.5, 0.6) is 11.5 Å². The van der Waals surface area contributed by atoms with E-state index in [-0.39, 0.29) is 28.5 Å². The number of methoxy groups -OCH3 is 2. The highest BCUT2D eigenvalue weighted by atomic mass is 19.4. The normalized spacial score (nSPS) is 14.9. The monoisotopic (exact) mass is 654 g/mol. The van der Waals surface area contributed by atoms with Crippen LogP contribution in [0.2, 0.25) is 0 Å². The van der Waals surface area contributed by atoms with E-state index in [0.29, 0.717) is 60.0 Å². The van der Waals surface area contributed by atoms with Crippen LogP contribution in [0.4, 0.5) is 32.0 Å². The molecular formula is C34H28F6N4O3. The van der Waals surface area contributed by atoms with Gasteiger partial charge in [-0.3, -0.25) is 9.48 Å². The molecule has 0 spiro atoms. The number of aromatic nitrogens is 2. The Morgan fingerprint density at radius 1 is 0.957 bits per heavy atom. The molecule has 0 aliphatic carbocycles. The summed E-state index contributed by atoms with van der Waals surface area (Å²) in [4.78, 5) is 15.0. The molecule has 1 amide bonds. The molecule has 1 aromatic heterocycles. The summed E-state index contributed by atoms with van der Waals surface area (Å²) in [6.45, 7) is 0.347. The predicted octanol–water partition coefficient (Wildman–Crippen LogP) is 7.53. The average Bonchev–Trinajstić information content (AvgIpc) is 3.66. The second-order valence-corrected chi connectivity index (χ2v) is 11.1. The van der Waals surface area contributed by atoms with Crippen molar-refractivity contribution in [3.05, 3.63) is 107 Å². The van der Waals surface area contributed by atoms with Crippen molar-refractivity contribution in [2.75, 3.05) is 32.6 Å². The lowest BCUT2D eigenvalue weighted by molar-refractivity contribution is -0.136. The molecule has 0 unspecified atom stereocenters. The van der Waals surface area contributed by atoms with E-state index in [1.165, 1.54) is 26.4 Å². The molecular weight excluding hydrogens is 626 g/mol.